The SMILES string of the molecule is CCOC(=O)C1=C(C)NC2=C(C(=O)c3ccccc32)[C@@H]1c1cc(Br)c(OCC(=O)O)c(OCC)c1. The average molecular weight is 542 g/mol. The van der Waals surface area contributed by atoms with Crippen molar-refractivity contribution in [2.24, 2.45) is 0 Å². The molecule has 1 heterocycles. The van der Waals surface area contributed by atoms with Crippen molar-refractivity contribution >= 4 is 39.3 Å². The van der Waals surface area contributed by atoms with E-state index in [1.807, 2.05) is 12.1 Å². The highest BCUT2D eigenvalue weighted by atomic mass is 79.9. The first-order chi connectivity index (χ1) is 16.8. The summed E-state index contributed by atoms with van der Waals surface area (Å²) in [5.74, 6) is -2.06. The highest BCUT2D eigenvalue weighted by molar-refractivity contribution is 9.10. The summed E-state index contributed by atoms with van der Waals surface area (Å²) in [5.41, 5.74) is 3.91. The van der Waals surface area contributed by atoms with Crippen LogP contribution in [0.1, 0.15) is 48.2 Å². The van der Waals surface area contributed by atoms with E-state index >= 15 is 0 Å². The van der Waals surface area contributed by atoms with Crippen LogP contribution in [0.15, 0.2) is 57.7 Å². The largest absolute Gasteiger partial charge is 0.490 e. The Kier molecular flexibility index (Phi) is 6.98. The second-order valence-corrected chi connectivity index (χ2v) is 8.78. The Morgan fingerprint density at radius 3 is 2.46 bits per heavy atom. The van der Waals surface area contributed by atoms with E-state index in [4.69, 9.17) is 19.3 Å². The van der Waals surface area contributed by atoms with Gasteiger partial charge in [-0.15, -0.1) is 0 Å². The lowest BCUT2D eigenvalue weighted by atomic mass is 9.79. The first-order valence-corrected chi connectivity index (χ1v) is 11.9. The summed E-state index contributed by atoms with van der Waals surface area (Å²) in [5, 5.41) is 12.3. The molecule has 9 heteroatoms. The minimum atomic E-state index is -1.13. The molecule has 0 spiro atoms. The highest BCUT2D eigenvalue weighted by Crippen LogP contribution is 2.49. The summed E-state index contributed by atoms with van der Waals surface area (Å²) in [7, 11) is 0. The number of aliphatic carboxylic acids is 1. The molecule has 0 bridgehead atoms. The Labute approximate surface area is 210 Å². The van der Waals surface area contributed by atoms with E-state index in [1.54, 1.807) is 45.0 Å². The molecule has 0 saturated heterocycles. The number of ether oxygens (including phenoxy) is 3. The van der Waals surface area contributed by atoms with E-state index in [9.17, 15) is 14.4 Å². The number of carbonyl (C=O) groups is 3. The number of benzene rings is 2. The molecule has 0 radical (unpaired) electrons. The van der Waals surface area contributed by atoms with Gasteiger partial charge >= 0.3 is 11.9 Å². The Hall–Kier alpha value is -3.59. The molecule has 4 rings (SSSR count). The van der Waals surface area contributed by atoms with Crippen LogP contribution in [-0.4, -0.2) is 42.6 Å². The Morgan fingerprint density at radius 2 is 1.80 bits per heavy atom. The van der Waals surface area contributed by atoms with E-state index in [0.717, 1.165) is 5.56 Å². The first kappa shape index (κ1) is 24.5. The topological polar surface area (TPSA) is 111 Å². The number of Topliss-reactive ketones (excluding diaryl/α,β-unsaturated/α-hetero) is 1. The molecule has 35 heavy (non-hydrogen) atoms. The number of carboxylic acids is 1. The number of halogens is 1. The van der Waals surface area contributed by atoms with Crippen molar-refractivity contribution in [3.05, 3.63) is 74.4 Å². The van der Waals surface area contributed by atoms with Gasteiger partial charge in [0.25, 0.3) is 0 Å². The third-order valence-corrected chi connectivity index (χ3v) is 6.34. The zero-order chi connectivity index (χ0) is 25.3. The van der Waals surface area contributed by atoms with Crippen LogP contribution in [0.25, 0.3) is 5.70 Å². The van der Waals surface area contributed by atoms with Gasteiger partial charge in [0.1, 0.15) is 0 Å². The number of fused-ring (bicyclic) bond motifs is 2. The second-order valence-electron chi connectivity index (χ2n) is 7.93. The number of rotatable bonds is 8. The maximum Gasteiger partial charge on any atom is 0.341 e. The fourth-order valence-electron chi connectivity index (χ4n) is 4.43. The van der Waals surface area contributed by atoms with Crippen molar-refractivity contribution in [1.82, 2.24) is 5.32 Å². The van der Waals surface area contributed by atoms with Gasteiger partial charge in [-0.1, -0.05) is 24.3 Å². The Bertz CT molecular complexity index is 1290. The molecule has 0 fully saturated rings. The van der Waals surface area contributed by atoms with Gasteiger partial charge in [0.05, 0.1) is 29.0 Å². The van der Waals surface area contributed by atoms with Crippen LogP contribution in [0.4, 0.5) is 0 Å². The predicted octanol–water partition coefficient (Wildman–Crippen LogP) is 4.44. The monoisotopic (exact) mass is 541 g/mol. The van der Waals surface area contributed by atoms with Gasteiger partial charge in [0.15, 0.2) is 23.9 Å². The van der Waals surface area contributed by atoms with E-state index < -0.39 is 24.5 Å². The number of hydrogen-bond donors (Lipinski definition) is 2. The number of nitrogens with one attached hydrogen (secondary N) is 1. The van der Waals surface area contributed by atoms with Crippen molar-refractivity contribution in [1.29, 1.82) is 0 Å². The second kappa shape index (κ2) is 9.95. The lowest BCUT2D eigenvalue weighted by Crippen LogP contribution is -2.29. The molecule has 0 amide bonds. The molecule has 8 nitrogen and oxygen atoms in total. The van der Waals surface area contributed by atoms with Crippen molar-refractivity contribution < 1.29 is 33.7 Å². The molecular formula is C26H24BrNO7. The molecular weight excluding hydrogens is 518 g/mol. The third-order valence-electron chi connectivity index (χ3n) is 5.75. The predicted molar refractivity (Wildman–Crippen MR) is 131 cm³/mol. The smallest absolute Gasteiger partial charge is 0.341 e. The normalized spacial score (nSPS) is 16.5. The lowest BCUT2D eigenvalue weighted by Gasteiger charge is -2.30. The lowest BCUT2D eigenvalue weighted by molar-refractivity contribution is -0.140. The van der Waals surface area contributed by atoms with Gasteiger partial charge in [-0.25, -0.2) is 9.59 Å². The molecule has 1 aliphatic heterocycles. The van der Waals surface area contributed by atoms with Crippen molar-refractivity contribution in [2.45, 2.75) is 26.7 Å². The molecule has 0 saturated carbocycles. The van der Waals surface area contributed by atoms with E-state index in [2.05, 4.69) is 21.2 Å². The maximum absolute atomic E-state index is 13.6. The van der Waals surface area contributed by atoms with Gasteiger partial charge in [-0.05, 0) is 54.4 Å². The fourth-order valence-corrected chi connectivity index (χ4v) is 5.01. The molecule has 1 aliphatic carbocycles. The van der Waals surface area contributed by atoms with Gasteiger partial charge in [-0.3, -0.25) is 4.79 Å². The number of esters is 1. The van der Waals surface area contributed by atoms with Crippen molar-refractivity contribution in [3.63, 3.8) is 0 Å². The molecule has 2 aliphatic rings. The van der Waals surface area contributed by atoms with Crippen LogP contribution in [-0.2, 0) is 14.3 Å². The van der Waals surface area contributed by atoms with E-state index in [0.29, 0.717) is 50.5 Å². The van der Waals surface area contributed by atoms with Crippen molar-refractivity contribution in [3.8, 4) is 11.5 Å². The molecule has 2 aromatic rings. The number of dihydropyridines is 1. The van der Waals surface area contributed by atoms with Gasteiger partial charge < -0.3 is 24.6 Å². The number of hydrogen-bond acceptors (Lipinski definition) is 7. The first-order valence-electron chi connectivity index (χ1n) is 11.1. The van der Waals surface area contributed by atoms with Crippen LogP contribution in [0.2, 0.25) is 0 Å². The molecule has 0 unspecified atom stereocenters. The van der Waals surface area contributed by atoms with Gasteiger partial charge in [-0.2, -0.15) is 0 Å². The van der Waals surface area contributed by atoms with Crippen LogP contribution in [0.3, 0.4) is 0 Å². The standard InChI is InChI=1S/C26H24BrNO7/c1-4-33-18-11-14(10-17(27)25(18)35-12-19(29)30)21-20(26(32)34-5-2)13(3)28-23-15-8-6-7-9-16(15)24(31)22(21)23/h6-11,21,28H,4-5,12H2,1-3H3,(H,29,30)/t21-/m1/s1. The van der Waals surface area contributed by atoms with Crippen LogP contribution >= 0.6 is 15.9 Å². The summed E-state index contributed by atoms with van der Waals surface area (Å²) in [6.07, 6.45) is 0. The summed E-state index contributed by atoms with van der Waals surface area (Å²) in [4.78, 5) is 37.8. The zero-order valence-corrected chi connectivity index (χ0v) is 21.0. The van der Waals surface area contributed by atoms with Gasteiger partial charge in [0.2, 0.25) is 0 Å². The third kappa shape index (κ3) is 4.43. The van der Waals surface area contributed by atoms with Crippen LogP contribution in [0.5, 0.6) is 11.5 Å². The van der Waals surface area contributed by atoms with Crippen molar-refractivity contribution in [2.75, 3.05) is 19.8 Å². The zero-order valence-electron chi connectivity index (χ0n) is 19.4. The Morgan fingerprint density at radius 1 is 1.09 bits per heavy atom. The number of allylic oxidation sites excluding steroid dienone is 2. The fraction of sp³-hybridized carbons (Fsp3) is 0.269. The van der Waals surface area contributed by atoms with Crippen LogP contribution < -0.4 is 14.8 Å². The number of carbonyl (C=O) groups excluding carboxylic acids is 2. The summed E-state index contributed by atoms with van der Waals surface area (Å²) in [6.45, 7) is 5.21. The van der Waals surface area contributed by atoms with E-state index in [-0.39, 0.29) is 18.1 Å². The molecule has 2 N–H and O–H groups in total. The Balaban J connectivity index is 1.91. The minimum Gasteiger partial charge on any atom is -0.490 e. The molecule has 2 aromatic carbocycles. The average Bonchev–Trinajstić information content (AvgIpc) is 3.09. The summed E-state index contributed by atoms with van der Waals surface area (Å²) in [6, 6.07) is 10.7. The molecule has 1 atom stereocenters. The summed E-state index contributed by atoms with van der Waals surface area (Å²) < 4.78 is 17.0. The quantitative estimate of drug-likeness (QED) is 0.471. The van der Waals surface area contributed by atoms with Gasteiger partial charge in [0, 0.05) is 28.3 Å². The highest BCUT2D eigenvalue weighted by Gasteiger charge is 2.43. The maximum atomic E-state index is 13.6. The van der Waals surface area contributed by atoms with E-state index in [1.165, 1.54) is 0 Å². The number of ketones is 1. The van der Waals surface area contributed by atoms with Crippen LogP contribution in [0, 0.1) is 0 Å². The molecule has 0 aromatic heterocycles. The summed E-state index contributed by atoms with van der Waals surface area (Å²) >= 11 is 3.46. The number of carboxylic acid groups (broad SMARTS) is 1. The minimum absolute atomic E-state index is 0.178. The molecule has 182 valence electrons.